The van der Waals surface area contributed by atoms with Gasteiger partial charge in [0.2, 0.25) is 5.91 Å². The SMILES string of the molecule is COC(=O)[C@@H](CCSC)NC(=O)CNC(=O)c1ccc(F)cc1. The van der Waals surface area contributed by atoms with Crippen molar-refractivity contribution in [1.82, 2.24) is 10.6 Å². The lowest BCUT2D eigenvalue weighted by atomic mass is 10.2. The van der Waals surface area contributed by atoms with Gasteiger partial charge in [0.25, 0.3) is 5.91 Å². The molecule has 2 amide bonds. The average molecular weight is 342 g/mol. The van der Waals surface area contributed by atoms with Crippen LogP contribution in [0.3, 0.4) is 0 Å². The van der Waals surface area contributed by atoms with Crippen LogP contribution in [0, 0.1) is 5.82 Å². The molecule has 1 rings (SSSR count). The Morgan fingerprint density at radius 2 is 1.91 bits per heavy atom. The maximum absolute atomic E-state index is 12.8. The fourth-order valence-electron chi connectivity index (χ4n) is 1.74. The van der Waals surface area contributed by atoms with Crippen molar-refractivity contribution in [3.8, 4) is 0 Å². The molecule has 0 radical (unpaired) electrons. The van der Waals surface area contributed by atoms with Gasteiger partial charge in [-0.2, -0.15) is 11.8 Å². The van der Waals surface area contributed by atoms with E-state index in [1.54, 1.807) is 11.8 Å². The number of nitrogens with one attached hydrogen (secondary N) is 2. The first-order valence-corrected chi connectivity index (χ1v) is 8.27. The Balaban J connectivity index is 2.49. The van der Waals surface area contributed by atoms with Crippen LogP contribution in [0.15, 0.2) is 24.3 Å². The van der Waals surface area contributed by atoms with Crippen LogP contribution in [-0.4, -0.2) is 49.5 Å². The molecule has 0 unspecified atom stereocenters. The van der Waals surface area contributed by atoms with Gasteiger partial charge in [-0.05, 0) is 42.7 Å². The zero-order valence-corrected chi connectivity index (χ0v) is 13.7. The molecule has 0 saturated heterocycles. The van der Waals surface area contributed by atoms with Crippen LogP contribution in [0.5, 0.6) is 0 Å². The summed E-state index contributed by atoms with van der Waals surface area (Å²) < 4.78 is 17.4. The minimum absolute atomic E-state index is 0.242. The number of rotatable bonds is 8. The predicted octanol–water partition coefficient (Wildman–Crippen LogP) is 0.966. The Morgan fingerprint density at radius 1 is 1.26 bits per heavy atom. The van der Waals surface area contributed by atoms with E-state index in [0.29, 0.717) is 12.2 Å². The standard InChI is InChI=1S/C15H19FN2O4S/c1-22-15(21)12(7-8-23-2)18-13(19)9-17-14(20)10-3-5-11(16)6-4-10/h3-6,12H,7-9H2,1-2H3,(H,17,20)(H,18,19)/t12-/m1/s1. The molecule has 0 bridgehead atoms. The number of hydrogen-bond acceptors (Lipinski definition) is 5. The molecule has 0 aliphatic heterocycles. The van der Waals surface area contributed by atoms with E-state index in [0.717, 1.165) is 12.1 Å². The normalized spacial score (nSPS) is 11.4. The average Bonchev–Trinajstić information content (AvgIpc) is 2.56. The minimum Gasteiger partial charge on any atom is -0.467 e. The summed E-state index contributed by atoms with van der Waals surface area (Å²) in [5.41, 5.74) is 0.242. The molecule has 8 heteroatoms. The van der Waals surface area contributed by atoms with Gasteiger partial charge in [-0.1, -0.05) is 0 Å². The summed E-state index contributed by atoms with van der Waals surface area (Å²) in [4.78, 5) is 35.2. The van der Waals surface area contributed by atoms with Gasteiger partial charge < -0.3 is 15.4 Å². The maximum atomic E-state index is 12.8. The number of thioether (sulfide) groups is 1. The van der Waals surface area contributed by atoms with E-state index in [4.69, 9.17) is 0 Å². The lowest BCUT2D eigenvalue weighted by Crippen LogP contribution is -2.46. The molecular weight excluding hydrogens is 323 g/mol. The van der Waals surface area contributed by atoms with Crippen LogP contribution >= 0.6 is 11.8 Å². The summed E-state index contributed by atoms with van der Waals surface area (Å²) in [6.07, 6.45) is 2.32. The van der Waals surface area contributed by atoms with Crippen LogP contribution in [0.1, 0.15) is 16.8 Å². The molecule has 1 atom stereocenters. The van der Waals surface area contributed by atoms with Gasteiger partial charge in [0, 0.05) is 5.56 Å². The Hall–Kier alpha value is -2.09. The van der Waals surface area contributed by atoms with Gasteiger partial charge in [-0.15, -0.1) is 0 Å². The molecule has 0 spiro atoms. The summed E-state index contributed by atoms with van der Waals surface area (Å²) in [7, 11) is 1.25. The van der Waals surface area contributed by atoms with Crippen molar-refractivity contribution >= 4 is 29.5 Å². The highest BCUT2D eigenvalue weighted by molar-refractivity contribution is 7.98. The van der Waals surface area contributed by atoms with E-state index in [1.807, 2.05) is 6.26 Å². The number of ether oxygens (including phenoxy) is 1. The van der Waals surface area contributed by atoms with Crippen molar-refractivity contribution < 1.29 is 23.5 Å². The van der Waals surface area contributed by atoms with Gasteiger partial charge in [0.05, 0.1) is 13.7 Å². The van der Waals surface area contributed by atoms with Crippen LogP contribution in [0.2, 0.25) is 0 Å². The first-order valence-electron chi connectivity index (χ1n) is 6.87. The smallest absolute Gasteiger partial charge is 0.328 e. The van der Waals surface area contributed by atoms with Crippen molar-refractivity contribution in [3.63, 3.8) is 0 Å². The molecule has 23 heavy (non-hydrogen) atoms. The lowest BCUT2D eigenvalue weighted by molar-refractivity contribution is -0.145. The highest BCUT2D eigenvalue weighted by atomic mass is 32.2. The third kappa shape index (κ3) is 6.68. The van der Waals surface area contributed by atoms with Crippen molar-refractivity contribution in [1.29, 1.82) is 0 Å². The number of halogens is 1. The molecule has 1 aromatic carbocycles. The summed E-state index contributed by atoms with van der Waals surface area (Å²) >= 11 is 1.54. The quantitative estimate of drug-likeness (QED) is 0.688. The van der Waals surface area contributed by atoms with Gasteiger partial charge in [-0.25, -0.2) is 9.18 Å². The van der Waals surface area contributed by atoms with Crippen LogP contribution in [0.4, 0.5) is 4.39 Å². The molecule has 0 aliphatic rings. The molecule has 126 valence electrons. The highest BCUT2D eigenvalue weighted by Gasteiger charge is 2.21. The summed E-state index contributed by atoms with van der Waals surface area (Å²) in [6, 6.07) is 4.20. The third-order valence-electron chi connectivity index (χ3n) is 2.95. The second-order valence-corrected chi connectivity index (χ2v) is 5.60. The molecular formula is C15H19FN2O4S. The van der Waals surface area contributed by atoms with Crippen LogP contribution in [-0.2, 0) is 14.3 Å². The van der Waals surface area contributed by atoms with Crippen molar-refractivity contribution in [2.75, 3.05) is 25.7 Å². The second-order valence-electron chi connectivity index (χ2n) is 4.61. The minimum atomic E-state index is -0.748. The van der Waals surface area contributed by atoms with E-state index < -0.39 is 29.6 Å². The number of carbonyl (C=O) groups is 3. The zero-order valence-electron chi connectivity index (χ0n) is 12.9. The number of esters is 1. The first kappa shape index (κ1) is 19.0. The van der Waals surface area contributed by atoms with Gasteiger partial charge >= 0.3 is 5.97 Å². The van der Waals surface area contributed by atoms with Crippen molar-refractivity contribution in [2.45, 2.75) is 12.5 Å². The summed E-state index contributed by atoms with van der Waals surface area (Å²) in [6.45, 7) is -0.289. The van der Waals surface area contributed by atoms with Gasteiger partial charge in [-0.3, -0.25) is 9.59 Å². The first-order chi connectivity index (χ1) is 11.0. The molecule has 2 N–H and O–H groups in total. The number of hydrogen-bond donors (Lipinski definition) is 2. The van der Waals surface area contributed by atoms with E-state index in [-0.39, 0.29) is 12.1 Å². The van der Waals surface area contributed by atoms with E-state index in [1.165, 1.54) is 19.2 Å². The Morgan fingerprint density at radius 3 is 2.48 bits per heavy atom. The second kappa shape index (κ2) is 9.83. The lowest BCUT2D eigenvalue weighted by Gasteiger charge is -2.16. The fraction of sp³-hybridized carbons (Fsp3) is 0.400. The van der Waals surface area contributed by atoms with Crippen molar-refractivity contribution in [2.24, 2.45) is 0 Å². The molecule has 6 nitrogen and oxygen atoms in total. The van der Waals surface area contributed by atoms with Crippen LogP contribution in [0.25, 0.3) is 0 Å². The number of carbonyl (C=O) groups excluding carboxylic acids is 3. The Labute approximate surface area is 138 Å². The summed E-state index contributed by atoms with van der Waals surface area (Å²) in [5, 5.41) is 4.92. The van der Waals surface area contributed by atoms with Crippen LogP contribution < -0.4 is 10.6 Å². The topological polar surface area (TPSA) is 84.5 Å². The molecule has 1 aromatic rings. The molecule has 0 fully saturated rings. The third-order valence-corrected chi connectivity index (χ3v) is 3.59. The van der Waals surface area contributed by atoms with E-state index >= 15 is 0 Å². The monoisotopic (exact) mass is 342 g/mol. The molecule has 0 heterocycles. The van der Waals surface area contributed by atoms with E-state index in [2.05, 4.69) is 15.4 Å². The fourth-order valence-corrected chi connectivity index (χ4v) is 2.21. The Bertz CT molecular complexity index is 551. The predicted molar refractivity (Wildman–Crippen MR) is 85.7 cm³/mol. The summed E-state index contributed by atoms with van der Waals surface area (Å²) in [5.74, 6) is -1.30. The largest absolute Gasteiger partial charge is 0.467 e. The van der Waals surface area contributed by atoms with E-state index in [9.17, 15) is 18.8 Å². The highest BCUT2D eigenvalue weighted by Crippen LogP contribution is 2.03. The van der Waals surface area contributed by atoms with Gasteiger partial charge in [0.15, 0.2) is 0 Å². The number of methoxy groups -OCH3 is 1. The maximum Gasteiger partial charge on any atom is 0.328 e. The molecule has 0 aromatic heterocycles. The number of benzene rings is 1. The molecule has 0 aliphatic carbocycles. The van der Waals surface area contributed by atoms with Gasteiger partial charge in [0.1, 0.15) is 11.9 Å². The molecule has 0 saturated carbocycles. The zero-order chi connectivity index (χ0) is 17.2. The van der Waals surface area contributed by atoms with Crippen molar-refractivity contribution in [3.05, 3.63) is 35.6 Å². The number of amides is 2. The Kier molecular flexibility index (Phi) is 8.10.